The first-order valence-corrected chi connectivity index (χ1v) is 9.30. The number of thioether (sulfide) groups is 1. The summed E-state index contributed by atoms with van der Waals surface area (Å²) < 4.78 is 37.9. The van der Waals surface area contributed by atoms with Crippen LogP contribution in [0.25, 0.3) is 0 Å². The van der Waals surface area contributed by atoms with E-state index in [9.17, 15) is 18.0 Å². The van der Waals surface area contributed by atoms with Gasteiger partial charge in [0, 0.05) is 15.7 Å². The first-order chi connectivity index (χ1) is 12.7. The average Bonchev–Trinajstić information content (AvgIpc) is 2.59. The van der Waals surface area contributed by atoms with Crippen molar-refractivity contribution in [2.75, 3.05) is 6.54 Å². The van der Waals surface area contributed by atoms with Crippen LogP contribution in [-0.4, -0.2) is 17.7 Å². The molecule has 2 rings (SSSR count). The third-order valence-corrected chi connectivity index (χ3v) is 4.47. The van der Waals surface area contributed by atoms with Crippen molar-refractivity contribution in [2.24, 2.45) is 0 Å². The number of nitrogens with one attached hydrogen (secondary N) is 1. The fourth-order valence-corrected chi connectivity index (χ4v) is 3.11. The highest BCUT2D eigenvalue weighted by Gasteiger charge is 2.30. The van der Waals surface area contributed by atoms with Gasteiger partial charge < -0.3 is 5.32 Å². The molecular formula is C21H20F3NOS. The number of carbonyl (C=O) groups excluding carboxylic acids is 1. The Morgan fingerprint density at radius 1 is 1.15 bits per heavy atom. The number of amides is 1. The molecule has 0 fully saturated rings. The van der Waals surface area contributed by atoms with E-state index < -0.39 is 11.7 Å². The quantitative estimate of drug-likeness (QED) is 0.579. The molecule has 27 heavy (non-hydrogen) atoms. The van der Waals surface area contributed by atoms with E-state index in [1.807, 2.05) is 24.3 Å². The summed E-state index contributed by atoms with van der Waals surface area (Å²) in [4.78, 5) is 13.1. The van der Waals surface area contributed by atoms with Crippen LogP contribution in [0.1, 0.15) is 30.5 Å². The fraction of sp³-hybridized carbons (Fsp3) is 0.286. The van der Waals surface area contributed by atoms with Gasteiger partial charge in [-0.2, -0.15) is 13.2 Å². The molecule has 0 saturated heterocycles. The lowest BCUT2D eigenvalue weighted by molar-refractivity contribution is -0.137. The maximum Gasteiger partial charge on any atom is 0.416 e. The molecule has 0 spiro atoms. The molecule has 0 aromatic heterocycles. The number of halogens is 3. The zero-order chi connectivity index (χ0) is 19.9. The average molecular weight is 391 g/mol. The van der Waals surface area contributed by atoms with Crippen molar-refractivity contribution in [1.29, 1.82) is 0 Å². The van der Waals surface area contributed by atoms with Gasteiger partial charge in [-0.05, 0) is 35.9 Å². The van der Waals surface area contributed by atoms with Crippen molar-refractivity contribution >= 4 is 17.7 Å². The zero-order valence-corrected chi connectivity index (χ0v) is 15.9. The van der Waals surface area contributed by atoms with Crippen molar-refractivity contribution in [3.8, 4) is 11.8 Å². The highest BCUT2D eigenvalue weighted by Crippen LogP contribution is 2.29. The van der Waals surface area contributed by atoms with Gasteiger partial charge in [0.2, 0.25) is 5.91 Å². The highest BCUT2D eigenvalue weighted by molar-refractivity contribution is 7.99. The number of alkyl halides is 3. The summed E-state index contributed by atoms with van der Waals surface area (Å²) in [5, 5.41) is 3.15. The molecule has 0 saturated carbocycles. The van der Waals surface area contributed by atoms with Gasteiger partial charge >= 0.3 is 6.18 Å². The number of rotatable bonds is 5. The van der Waals surface area contributed by atoms with Crippen LogP contribution < -0.4 is 5.32 Å². The van der Waals surface area contributed by atoms with Crippen LogP contribution in [0.5, 0.6) is 0 Å². The molecule has 0 atom stereocenters. The Balaban J connectivity index is 1.84. The number of hydrogen-bond donors (Lipinski definition) is 1. The van der Waals surface area contributed by atoms with Crippen LogP contribution in [-0.2, 0) is 17.4 Å². The summed E-state index contributed by atoms with van der Waals surface area (Å²) in [5.74, 6) is 5.13. The molecule has 2 nitrogen and oxygen atoms in total. The van der Waals surface area contributed by atoms with Crippen molar-refractivity contribution < 1.29 is 18.0 Å². The van der Waals surface area contributed by atoms with E-state index in [0.717, 1.165) is 22.6 Å². The van der Waals surface area contributed by atoms with Gasteiger partial charge in [-0.15, -0.1) is 11.8 Å². The van der Waals surface area contributed by atoms with Crippen LogP contribution in [0.2, 0.25) is 0 Å². The predicted molar refractivity (Wildman–Crippen MR) is 102 cm³/mol. The third-order valence-electron chi connectivity index (χ3n) is 3.46. The second-order valence-electron chi connectivity index (χ2n) is 6.14. The Labute approximate surface area is 161 Å². The largest absolute Gasteiger partial charge is 0.416 e. The number of benzene rings is 2. The zero-order valence-electron chi connectivity index (χ0n) is 15.1. The number of carbonyl (C=O) groups is 1. The molecule has 0 aliphatic rings. The van der Waals surface area contributed by atoms with Crippen LogP contribution >= 0.6 is 11.8 Å². The summed E-state index contributed by atoms with van der Waals surface area (Å²) in [5.41, 5.74) is 0.418. The van der Waals surface area contributed by atoms with Crippen molar-refractivity contribution in [2.45, 2.75) is 36.6 Å². The lowest BCUT2D eigenvalue weighted by atomic mass is 10.1. The first kappa shape index (κ1) is 20.9. The Kier molecular flexibility index (Phi) is 7.37. The molecule has 2 aromatic rings. The smallest absolute Gasteiger partial charge is 0.345 e. The van der Waals surface area contributed by atoms with Gasteiger partial charge in [0.15, 0.2) is 0 Å². The maximum atomic E-state index is 12.6. The Morgan fingerprint density at radius 3 is 2.48 bits per heavy atom. The molecule has 0 aliphatic heterocycles. The molecule has 0 bridgehead atoms. The summed E-state index contributed by atoms with van der Waals surface area (Å²) in [6, 6.07) is 12.6. The van der Waals surface area contributed by atoms with Crippen LogP contribution in [0.4, 0.5) is 13.2 Å². The minimum atomic E-state index is -4.39. The fourth-order valence-electron chi connectivity index (χ4n) is 2.27. The van der Waals surface area contributed by atoms with Gasteiger partial charge in [-0.25, -0.2) is 0 Å². The van der Waals surface area contributed by atoms with E-state index in [0.29, 0.717) is 5.25 Å². The minimum Gasteiger partial charge on any atom is -0.345 e. The molecular weight excluding hydrogens is 371 g/mol. The van der Waals surface area contributed by atoms with Crippen LogP contribution in [0, 0.1) is 11.8 Å². The van der Waals surface area contributed by atoms with E-state index in [-0.39, 0.29) is 24.4 Å². The molecule has 1 amide bonds. The van der Waals surface area contributed by atoms with Gasteiger partial charge in [-0.3, -0.25) is 4.79 Å². The molecule has 0 unspecified atom stereocenters. The second kappa shape index (κ2) is 9.52. The molecule has 0 aliphatic carbocycles. The van der Waals surface area contributed by atoms with E-state index in [4.69, 9.17) is 0 Å². The van der Waals surface area contributed by atoms with E-state index in [1.165, 1.54) is 12.1 Å². The number of hydrogen-bond acceptors (Lipinski definition) is 2. The van der Waals surface area contributed by atoms with Crippen molar-refractivity contribution in [1.82, 2.24) is 5.32 Å². The van der Waals surface area contributed by atoms with Crippen LogP contribution in [0.3, 0.4) is 0 Å². The first-order valence-electron chi connectivity index (χ1n) is 8.42. The van der Waals surface area contributed by atoms with Gasteiger partial charge in [0.1, 0.15) is 0 Å². The van der Waals surface area contributed by atoms with Gasteiger partial charge in [-0.1, -0.05) is 43.9 Å². The van der Waals surface area contributed by atoms with E-state index >= 15 is 0 Å². The maximum absolute atomic E-state index is 12.6. The van der Waals surface area contributed by atoms with E-state index in [2.05, 4.69) is 31.0 Å². The lowest BCUT2D eigenvalue weighted by Gasteiger charge is -2.06. The molecule has 142 valence electrons. The molecule has 0 radical (unpaired) electrons. The van der Waals surface area contributed by atoms with Gasteiger partial charge in [0.05, 0.1) is 18.5 Å². The van der Waals surface area contributed by atoms with Crippen molar-refractivity contribution in [3.63, 3.8) is 0 Å². The SMILES string of the molecule is CC(C)Sc1ccc(CC(=O)NCC#Cc2cccc(C(F)(F)F)c2)cc1. The molecule has 1 N–H and O–H groups in total. The molecule has 2 aromatic carbocycles. The lowest BCUT2D eigenvalue weighted by Crippen LogP contribution is -2.25. The van der Waals surface area contributed by atoms with Crippen LogP contribution in [0.15, 0.2) is 53.4 Å². The monoisotopic (exact) mass is 391 g/mol. The summed E-state index contributed by atoms with van der Waals surface area (Å²) in [6.07, 6.45) is -4.16. The Morgan fingerprint density at radius 2 is 1.85 bits per heavy atom. The second-order valence-corrected chi connectivity index (χ2v) is 7.79. The minimum absolute atomic E-state index is 0.0797. The summed E-state index contributed by atoms with van der Waals surface area (Å²) in [6.45, 7) is 4.31. The van der Waals surface area contributed by atoms with Crippen molar-refractivity contribution in [3.05, 3.63) is 65.2 Å². The predicted octanol–water partition coefficient (Wildman–Crippen LogP) is 4.92. The Hall–Kier alpha value is -2.39. The standard InChI is InChI=1S/C21H20F3NOS/c1-15(2)27-19-10-8-17(9-11-19)14-20(26)25-12-4-6-16-5-3-7-18(13-16)21(22,23)24/h3,5,7-11,13,15H,12,14H2,1-2H3,(H,25,26). The third kappa shape index (κ3) is 7.40. The molecule has 0 heterocycles. The molecule has 6 heteroatoms. The normalized spacial score (nSPS) is 11.0. The Bertz CT molecular complexity index is 833. The summed E-state index contributed by atoms with van der Waals surface area (Å²) >= 11 is 1.75. The summed E-state index contributed by atoms with van der Waals surface area (Å²) in [7, 11) is 0. The van der Waals surface area contributed by atoms with E-state index in [1.54, 1.807) is 11.8 Å². The highest BCUT2D eigenvalue weighted by atomic mass is 32.2. The van der Waals surface area contributed by atoms with Gasteiger partial charge in [0.25, 0.3) is 0 Å². The topological polar surface area (TPSA) is 29.1 Å².